The van der Waals surface area contributed by atoms with Crippen LogP contribution in [-0.4, -0.2) is 50.7 Å². The minimum Gasteiger partial charge on any atom is -0.390 e. The van der Waals surface area contributed by atoms with Crippen molar-refractivity contribution in [2.24, 2.45) is 0 Å². The summed E-state index contributed by atoms with van der Waals surface area (Å²) in [6, 6.07) is 15.8. The standard InChI is InChI=1S/C22H32N2O3S/c1-4-15-23(16-5-2)17-21(25)18-24(20-9-7-6-8-10-20)28(26,27)22-13-11-19(3)12-14-22/h6-14,21,25H,4-5,15-18H2,1-3H3/t21-/m0/s1. The van der Waals surface area contributed by atoms with Crippen LogP contribution < -0.4 is 4.31 Å². The van der Waals surface area contributed by atoms with Crippen LogP contribution in [0.5, 0.6) is 0 Å². The van der Waals surface area contributed by atoms with Gasteiger partial charge in [-0.15, -0.1) is 0 Å². The molecule has 1 atom stereocenters. The first-order valence-corrected chi connectivity index (χ1v) is 11.4. The molecule has 0 saturated carbocycles. The van der Waals surface area contributed by atoms with Gasteiger partial charge in [0, 0.05) is 6.54 Å². The SMILES string of the molecule is CCCN(CCC)C[C@H](O)CN(c1ccccc1)S(=O)(=O)c1ccc(C)cc1. The molecule has 2 rings (SSSR count). The normalized spacial score (nSPS) is 12.9. The summed E-state index contributed by atoms with van der Waals surface area (Å²) >= 11 is 0. The second-order valence-corrected chi connectivity index (χ2v) is 9.00. The maximum atomic E-state index is 13.3. The summed E-state index contributed by atoms with van der Waals surface area (Å²) in [7, 11) is -3.77. The van der Waals surface area contributed by atoms with Crippen LogP contribution in [0.1, 0.15) is 32.3 Å². The fourth-order valence-electron chi connectivity index (χ4n) is 3.25. The van der Waals surface area contributed by atoms with Gasteiger partial charge in [-0.3, -0.25) is 4.31 Å². The van der Waals surface area contributed by atoms with Crippen molar-refractivity contribution in [2.75, 3.05) is 30.5 Å². The Morgan fingerprint density at radius 1 is 0.893 bits per heavy atom. The average molecular weight is 405 g/mol. The zero-order valence-electron chi connectivity index (χ0n) is 17.1. The lowest BCUT2D eigenvalue weighted by Crippen LogP contribution is -2.43. The second-order valence-electron chi connectivity index (χ2n) is 7.14. The molecule has 0 aromatic heterocycles. The number of nitrogens with zero attached hydrogens (tertiary/aromatic N) is 2. The van der Waals surface area contributed by atoms with E-state index < -0.39 is 16.1 Å². The van der Waals surface area contributed by atoms with Gasteiger partial charge >= 0.3 is 0 Å². The van der Waals surface area contributed by atoms with Crippen LogP contribution in [0.3, 0.4) is 0 Å². The van der Waals surface area contributed by atoms with Crippen molar-refractivity contribution in [3.05, 3.63) is 60.2 Å². The smallest absolute Gasteiger partial charge is 0.264 e. The van der Waals surface area contributed by atoms with E-state index in [4.69, 9.17) is 0 Å². The number of aryl methyl sites for hydroxylation is 1. The van der Waals surface area contributed by atoms with Crippen LogP contribution >= 0.6 is 0 Å². The van der Waals surface area contributed by atoms with E-state index in [0.717, 1.165) is 31.5 Å². The van der Waals surface area contributed by atoms with E-state index in [-0.39, 0.29) is 11.4 Å². The van der Waals surface area contributed by atoms with Crippen molar-refractivity contribution in [2.45, 2.75) is 44.6 Å². The summed E-state index contributed by atoms with van der Waals surface area (Å²) in [5.41, 5.74) is 1.56. The average Bonchev–Trinajstić information content (AvgIpc) is 2.67. The number of aliphatic hydroxyl groups excluding tert-OH is 1. The van der Waals surface area contributed by atoms with Crippen LogP contribution in [0.15, 0.2) is 59.5 Å². The minimum absolute atomic E-state index is 0.0180. The Balaban J connectivity index is 2.29. The number of benzene rings is 2. The van der Waals surface area contributed by atoms with E-state index in [9.17, 15) is 13.5 Å². The van der Waals surface area contributed by atoms with Crippen molar-refractivity contribution in [3.63, 3.8) is 0 Å². The second kappa shape index (κ2) is 10.6. The Morgan fingerprint density at radius 2 is 1.46 bits per heavy atom. The van der Waals surface area contributed by atoms with Crippen molar-refractivity contribution >= 4 is 15.7 Å². The highest BCUT2D eigenvalue weighted by Crippen LogP contribution is 2.24. The molecule has 0 aliphatic rings. The Kier molecular flexibility index (Phi) is 8.48. The molecule has 0 heterocycles. The highest BCUT2D eigenvalue weighted by atomic mass is 32.2. The number of hydrogen-bond acceptors (Lipinski definition) is 4. The minimum atomic E-state index is -3.77. The summed E-state index contributed by atoms with van der Waals surface area (Å²) < 4.78 is 28.0. The van der Waals surface area contributed by atoms with Crippen LogP contribution in [0.2, 0.25) is 0 Å². The van der Waals surface area contributed by atoms with Crippen molar-refractivity contribution in [3.8, 4) is 0 Å². The molecule has 0 amide bonds. The third kappa shape index (κ3) is 6.06. The number of aliphatic hydroxyl groups is 1. The summed E-state index contributed by atoms with van der Waals surface area (Å²) in [5, 5.41) is 10.7. The van der Waals surface area contributed by atoms with Gasteiger partial charge in [0.15, 0.2) is 0 Å². The third-order valence-corrected chi connectivity index (χ3v) is 6.39. The Hall–Kier alpha value is -1.89. The molecule has 0 saturated heterocycles. The predicted molar refractivity (Wildman–Crippen MR) is 115 cm³/mol. The monoisotopic (exact) mass is 404 g/mol. The molecule has 2 aromatic rings. The lowest BCUT2D eigenvalue weighted by Gasteiger charge is -2.30. The van der Waals surface area contributed by atoms with E-state index in [1.165, 1.54) is 4.31 Å². The fourth-order valence-corrected chi connectivity index (χ4v) is 4.75. The molecule has 0 spiro atoms. The number of para-hydroxylation sites is 1. The highest BCUT2D eigenvalue weighted by Gasteiger charge is 2.27. The molecular weight excluding hydrogens is 372 g/mol. The molecule has 2 aromatic carbocycles. The summed E-state index contributed by atoms with van der Waals surface area (Å²) in [5.74, 6) is 0. The van der Waals surface area contributed by atoms with Gasteiger partial charge in [0.25, 0.3) is 10.0 Å². The van der Waals surface area contributed by atoms with Crippen molar-refractivity contribution in [1.82, 2.24) is 4.90 Å². The first kappa shape index (κ1) is 22.4. The van der Waals surface area contributed by atoms with Crippen LogP contribution in [-0.2, 0) is 10.0 Å². The maximum Gasteiger partial charge on any atom is 0.264 e. The predicted octanol–water partition coefficient (Wildman–Crippen LogP) is 3.67. The first-order valence-electron chi connectivity index (χ1n) is 9.93. The van der Waals surface area contributed by atoms with Gasteiger partial charge in [-0.1, -0.05) is 49.7 Å². The molecule has 154 valence electrons. The van der Waals surface area contributed by atoms with Crippen LogP contribution in [0, 0.1) is 6.92 Å². The topological polar surface area (TPSA) is 60.9 Å². The molecule has 0 aliphatic carbocycles. The van der Waals surface area contributed by atoms with Gasteiger partial charge in [0.2, 0.25) is 0 Å². The van der Waals surface area contributed by atoms with Gasteiger partial charge < -0.3 is 10.0 Å². The van der Waals surface area contributed by atoms with Gasteiger partial charge in [-0.05, 0) is 57.1 Å². The van der Waals surface area contributed by atoms with E-state index in [2.05, 4.69) is 18.7 Å². The summed E-state index contributed by atoms with van der Waals surface area (Å²) in [4.78, 5) is 2.42. The van der Waals surface area contributed by atoms with Crippen LogP contribution in [0.25, 0.3) is 0 Å². The Morgan fingerprint density at radius 3 is 2.00 bits per heavy atom. The highest BCUT2D eigenvalue weighted by molar-refractivity contribution is 7.92. The summed E-state index contributed by atoms with van der Waals surface area (Å²) in [6.45, 7) is 8.38. The van der Waals surface area contributed by atoms with Crippen LogP contribution in [0.4, 0.5) is 5.69 Å². The van der Waals surface area contributed by atoms with Gasteiger partial charge in [-0.2, -0.15) is 0 Å². The zero-order chi connectivity index (χ0) is 20.6. The lowest BCUT2D eigenvalue weighted by atomic mass is 10.2. The van der Waals surface area contributed by atoms with Crippen molar-refractivity contribution < 1.29 is 13.5 Å². The molecule has 0 fully saturated rings. The van der Waals surface area contributed by atoms with Crippen molar-refractivity contribution in [1.29, 1.82) is 0 Å². The Bertz CT molecular complexity index is 801. The lowest BCUT2D eigenvalue weighted by molar-refractivity contribution is 0.119. The first-order chi connectivity index (χ1) is 13.4. The molecule has 28 heavy (non-hydrogen) atoms. The van der Waals surface area contributed by atoms with E-state index in [0.29, 0.717) is 12.2 Å². The van der Waals surface area contributed by atoms with Gasteiger partial charge in [-0.25, -0.2) is 8.42 Å². The molecule has 0 bridgehead atoms. The molecule has 0 unspecified atom stereocenters. The van der Waals surface area contributed by atoms with E-state index >= 15 is 0 Å². The maximum absolute atomic E-state index is 13.3. The number of sulfonamides is 1. The quantitative estimate of drug-likeness (QED) is 0.621. The molecule has 5 nitrogen and oxygen atoms in total. The number of anilines is 1. The van der Waals surface area contributed by atoms with Gasteiger partial charge in [0.1, 0.15) is 0 Å². The Labute approximate surface area is 169 Å². The molecule has 0 radical (unpaired) electrons. The van der Waals surface area contributed by atoms with E-state index in [1.54, 1.807) is 48.5 Å². The zero-order valence-corrected chi connectivity index (χ0v) is 17.9. The fraction of sp³-hybridized carbons (Fsp3) is 0.455. The molecule has 6 heteroatoms. The largest absolute Gasteiger partial charge is 0.390 e. The van der Waals surface area contributed by atoms with Gasteiger partial charge in [0.05, 0.1) is 23.2 Å². The molecule has 1 N–H and O–H groups in total. The molecule has 0 aliphatic heterocycles. The third-order valence-electron chi connectivity index (χ3n) is 4.58. The summed E-state index contributed by atoms with van der Waals surface area (Å²) in [6.07, 6.45) is 1.21. The molecular formula is C22H32N2O3S. The number of hydrogen-bond donors (Lipinski definition) is 1. The van der Waals surface area contributed by atoms with E-state index in [1.807, 2.05) is 13.0 Å². The number of rotatable bonds is 11.